The van der Waals surface area contributed by atoms with E-state index in [9.17, 15) is 14.4 Å². The molecule has 1 fully saturated rings. The van der Waals surface area contributed by atoms with Crippen molar-refractivity contribution in [2.75, 3.05) is 26.2 Å². The Hall–Kier alpha value is -2.64. The van der Waals surface area contributed by atoms with Gasteiger partial charge in [-0.2, -0.15) is 0 Å². The number of benzene rings is 2. The van der Waals surface area contributed by atoms with E-state index in [0.29, 0.717) is 31.8 Å². The number of nitrogens with one attached hydrogen (secondary N) is 3. The molecule has 3 amide bonds. The minimum atomic E-state index is -0.718. The molecule has 0 radical (unpaired) electrons. The number of hydrogen-bond donors (Lipinski definition) is 3. The van der Waals surface area contributed by atoms with Crippen LogP contribution in [-0.2, 0) is 20.8 Å². The number of rotatable bonds is 11. The van der Waals surface area contributed by atoms with E-state index in [0.717, 1.165) is 42.3 Å². The Bertz CT molecular complexity index is 1080. The summed E-state index contributed by atoms with van der Waals surface area (Å²) in [5, 5.41) is 11.6. The summed E-state index contributed by atoms with van der Waals surface area (Å²) in [5.41, 5.74) is 0.417. The van der Waals surface area contributed by atoms with Gasteiger partial charge in [-0.1, -0.05) is 77.1 Å². The number of fused-ring (bicyclic) bond motifs is 1. The quantitative estimate of drug-likeness (QED) is 0.372. The first-order chi connectivity index (χ1) is 17.6. The fourth-order valence-electron chi connectivity index (χ4n) is 4.73. The van der Waals surface area contributed by atoms with Crippen LogP contribution in [0.4, 0.5) is 0 Å². The summed E-state index contributed by atoms with van der Waals surface area (Å²) in [5.74, 6) is 0.0951. The van der Waals surface area contributed by atoms with Crippen molar-refractivity contribution in [3.8, 4) is 0 Å². The summed E-state index contributed by atoms with van der Waals surface area (Å²) in [4.78, 5) is 41.3. The Kier molecular flexibility index (Phi) is 12.0. The normalized spacial score (nSPS) is 16.3. The van der Waals surface area contributed by atoms with E-state index in [1.165, 1.54) is 0 Å². The minimum absolute atomic E-state index is 0. The molecule has 1 heterocycles. The van der Waals surface area contributed by atoms with Gasteiger partial charge in [0.25, 0.3) is 0 Å². The van der Waals surface area contributed by atoms with Gasteiger partial charge in [0.2, 0.25) is 17.7 Å². The molecule has 2 aromatic rings. The monoisotopic (exact) mass is 544 g/mol. The fraction of sp³-hybridized carbons (Fsp3) is 0.567. The van der Waals surface area contributed by atoms with Gasteiger partial charge in [0, 0.05) is 24.9 Å². The first kappa shape index (κ1) is 31.6. The van der Waals surface area contributed by atoms with Gasteiger partial charge in [0.05, 0.1) is 0 Å². The smallest absolute Gasteiger partial charge is 0.243 e. The highest BCUT2D eigenvalue weighted by atomic mass is 35.5. The van der Waals surface area contributed by atoms with Crippen molar-refractivity contribution >= 4 is 40.9 Å². The van der Waals surface area contributed by atoms with Crippen LogP contribution < -0.4 is 16.0 Å². The number of nitrogens with zero attached hydrogens (tertiary/aromatic N) is 1. The van der Waals surface area contributed by atoms with Crippen LogP contribution in [-0.4, -0.2) is 60.9 Å². The third kappa shape index (κ3) is 8.98. The summed E-state index contributed by atoms with van der Waals surface area (Å²) in [6, 6.07) is 13.0. The number of likely N-dealkylation sites (tertiary alicyclic amines) is 1. The van der Waals surface area contributed by atoms with Crippen LogP contribution in [0.15, 0.2) is 42.5 Å². The number of halogens is 1. The van der Waals surface area contributed by atoms with E-state index in [-0.39, 0.29) is 30.1 Å². The summed E-state index contributed by atoms with van der Waals surface area (Å²) in [6.07, 6.45) is 2.59. The maximum Gasteiger partial charge on any atom is 0.243 e. The fourth-order valence-corrected chi connectivity index (χ4v) is 4.73. The van der Waals surface area contributed by atoms with Crippen molar-refractivity contribution in [1.29, 1.82) is 0 Å². The third-order valence-corrected chi connectivity index (χ3v) is 6.73. The summed E-state index contributed by atoms with van der Waals surface area (Å²) in [6.45, 7) is 12.8. The standard InChI is InChI=1S/C30H44N4O3.ClH/c1-21(2)20-31-15-9-16-32-27(35)25(19-22-13-14-23-10-6-7-11-24(23)18-22)33-28(36)26-12-8-17-34(26)29(37)30(3,4)5;/h6-7,10-11,13-14,18,21,25-26,31H,8-9,12,15-17,19-20H2,1-5H3,(H,32,35)(H,33,36);1H/t25-,26+;/m1./s1. The van der Waals surface area contributed by atoms with Gasteiger partial charge >= 0.3 is 0 Å². The van der Waals surface area contributed by atoms with Crippen LogP contribution >= 0.6 is 12.4 Å². The summed E-state index contributed by atoms with van der Waals surface area (Å²) >= 11 is 0. The zero-order chi connectivity index (χ0) is 27.0. The van der Waals surface area contributed by atoms with Gasteiger partial charge in [-0.05, 0) is 54.6 Å². The van der Waals surface area contributed by atoms with Gasteiger partial charge in [-0.25, -0.2) is 0 Å². The second-order valence-electron chi connectivity index (χ2n) is 11.6. The second-order valence-corrected chi connectivity index (χ2v) is 11.6. The van der Waals surface area contributed by atoms with Gasteiger partial charge in [0.15, 0.2) is 0 Å². The molecule has 0 aliphatic carbocycles. The highest BCUT2D eigenvalue weighted by Crippen LogP contribution is 2.26. The van der Waals surface area contributed by atoms with E-state index in [4.69, 9.17) is 0 Å². The Morgan fingerprint density at radius 3 is 2.42 bits per heavy atom. The molecule has 3 N–H and O–H groups in total. The van der Waals surface area contributed by atoms with Crippen molar-refractivity contribution in [3.63, 3.8) is 0 Å². The molecule has 7 nitrogen and oxygen atoms in total. The van der Waals surface area contributed by atoms with E-state index in [1.807, 2.05) is 51.1 Å². The zero-order valence-corrected chi connectivity index (χ0v) is 24.3. The molecule has 38 heavy (non-hydrogen) atoms. The van der Waals surface area contributed by atoms with E-state index < -0.39 is 17.5 Å². The molecule has 2 aromatic carbocycles. The average Bonchev–Trinajstić information content (AvgIpc) is 3.34. The van der Waals surface area contributed by atoms with Crippen molar-refractivity contribution < 1.29 is 14.4 Å². The Balaban J connectivity index is 0.00000507. The largest absolute Gasteiger partial charge is 0.354 e. The third-order valence-electron chi connectivity index (χ3n) is 6.73. The van der Waals surface area contributed by atoms with Crippen LogP contribution in [0.25, 0.3) is 10.8 Å². The van der Waals surface area contributed by atoms with Gasteiger partial charge in [-0.3, -0.25) is 14.4 Å². The molecular formula is C30H45ClN4O3. The number of carbonyl (C=O) groups excluding carboxylic acids is 3. The lowest BCUT2D eigenvalue weighted by Crippen LogP contribution is -2.55. The lowest BCUT2D eigenvalue weighted by Gasteiger charge is -2.31. The second kappa shape index (κ2) is 14.5. The SMILES string of the molecule is CC(C)CNCCCNC(=O)[C@@H](Cc1ccc2ccccc2c1)NC(=O)[C@@H]1CCCN1C(=O)C(C)(C)C.Cl. The van der Waals surface area contributed by atoms with Crippen LogP contribution in [0, 0.1) is 11.3 Å². The zero-order valence-electron chi connectivity index (χ0n) is 23.5. The predicted molar refractivity (Wildman–Crippen MR) is 156 cm³/mol. The van der Waals surface area contributed by atoms with E-state index in [2.05, 4.69) is 41.9 Å². The van der Waals surface area contributed by atoms with Crippen LogP contribution in [0.3, 0.4) is 0 Å². The lowest BCUT2D eigenvalue weighted by molar-refractivity contribution is -0.145. The highest BCUT2D eigenvalue weighted by molar-refractivity contribution is 5.93. The van der Waals surface area contributed by atoms with Gasteiger partial charge in [0.1, 0.15) is 12.1 Å². The van der Waals surface area contributed by atoms with Crippen molar-refractivity contribution in [3.05, 3.63) is 48.0 Å². The first-order valence-electron chi connectivity index (χ1n) is 13.6. The number of hydrogen-bond acceptors (Lipinski definition) is 4. The van der Waals surface area contributed by atoms with Gasteiger partial charge < -0.3 is 20.9 Å². The van der Waals surface area contributed by atoms with Crippen LogP contribution in [0.5, 0.6) is 0 Å². The minimum Gasteiger partial charge on any atom is -0.354 e. The molecule has 1 aliphatic rings. The molecule has 2 atom stereocenters. The highest BCUT2D eigenvalue weighted by Gasteiger charge is 2.39. The maximum absolute atomic E-state index is 13.4. The molecule has 3 rings (SSSR count). The first-order valence-corrected chi connectivity index (χ1v) is 13.6. The molecule has 0 aromatic heterocycles. The maximum atomic E-state index is 13.4. The van der Waals surface area contributed by atoms with Crippen LogP contribution in [0.2, 0.25) is 0 Å². The van der Waals surface area contributed by atoms with Gasteiger partial charge in [-0.15, -0.1) is 12.4 Å². The number of carbonyl (C=O) groups is 3. The van der Waals surface area contributed by atoms with Crippen LogP contribution in [0.1, 0.15) is 59.4 Å². The van der Waals surface area contributed by atoms with Crippen molar-refractivity contribution in [2.45, 2.75) is 72.4 Å². The topological polar surface area (TPSA) is 90.5 Å². The summed E-state index contributed by atoms with van der Waals surface area (Å²) < 4.78 is 0. The van der Waals surface area contributed by atoms with E-state index >= 15 is 0 Å². The molecule has 0 bridgehead atoms. The Labute approximate surface area is 233 Å². The molecule has 1 saturated heterocycles. The molecular weight excluding hydrogens is 500 g/mol. The molecule has 0 saturated carbocycles. The molecule has 210 valence electrons. The van der Waals surface area contributed by atoms with E-state index in [1.54, 1.807) is 4.90 Å². The lowest BCUT2D eigenvalue weighted by atomic mass is 9.94. The molecule has 1 aliphatic heterocycles. The van der Waals surface area contributed by atoms with Crippen molar-refractivity contribution in [2.24, 2.45) is 11.3 Å². The summed E-state index contributed by atoms with van der Waals surface area (Å²) in [7, 11) is 0. The Morgan fingerprint density at radius 2 is 1.74 bits per heavy atom. The molecule has 8 heteroatoms. The molecule has 0 unspecified atom stereocenters. The predicted octanol–water partition coefficient (Wildman–Crippen LogP) is 4.08. The van der Waals surface area contributed by atoms with Crippen molar-refractivity contribution in [1.82, 2.24) is 20.9 Å². The number of amides is 3. The molecule has 0 spiro atoms. The Morgan fingerprint density at radius 1 is 1.03 bits per heavy atom. The average molecular weight is 545 g/mol.